The van der Waals surface area contributed by atoms with Crippen molar-refractivity contribution in [1.82, 2.24) is 4.90 Å². The van der Waals surface area contributed by atoms with Crippen molar-refractivity contribution in [3.8, 4) is 0 Å². The van der Waals surface area contributed by atoms with Gasteiger partial charge in [0.2, 0.25) is 0 Å². The molecule has 0 aromatic heterocycles. The van der Waals surface area contributed by atoms with Crippen LogP contribution in [-0.4, -0.2) is 41.3 Å². The van der Waals surface area contributed by atoms with E-state index in [1.165, 1.54) is 38.6 Å². The quantitative estimate of drug-likeness (QED) is 0.864. The van der Waals surface area contributed by atoms with Crippen LogP contribution in [0.1, 0.15) is 66.7 Å². The average Bonchev–Trinajstić information content (AvgIpc) is 2.53. The Bertz CT molecular complexity index is 327. The zero-order valence-corrected chi connectivity index (χ0v) is 14.1. The summed E-state index contributed by atoms with van der Waals surface area (Å²) in [7, 11) is 0. The molecule has 0 amide bonds. The van der Waals surface area contributed by atoms with Gasteiger partial charge in [-0.1, -0.05) is 19.8 Å². The molecule has 2 aliphatic rings. The molecule has 0 aliphatic carbocycles. The van der Waals surface area contributed by atoms with Crippen molar-refractivity contribution in [1.29, 1.82) is 0 Å². The predicted molar refractivity (Wildman–Crippen MR) is 84.8 cm³/mol. The summed E-state index contributed by atoms with van der Waals surface area (Å²) in [6.45, 7) is 13.4. The lowest BCUT2D eigenvalue weighted by Gasteiger charge is -2.36. The molecule has 3 nitrogen and oxygen atoms in total. The van der Waals surface area contributed by atoms with Gasteiger partial charge in [0, 0.05) is 24.5 Å². The van der Waals surface area contributed by atoms with Gasteiger partial charge in [-0.2, -0.15) is 0 Å². The minimum atomic E-state index is -0.207. The van der Waals surface area contributed by atoms with E-state index in [4.69, 9.17) is 10.5 Å². The largest absolute Gasteiger partial charge is 0.368 e. The van der Waals surface area contributed by atoms with Crippen molar-refractivity contribution in [2.45, 2.75) is 90.0 Å². The molecule has 0 spiro atoms. The Labute approximate surface area is 125 Å². The van der Waals surface area contributed by atoms with Crippen molar-refractivity contribution in [3.05, 3.63) is 0 Å². The third kappa shape index (κ3) is 3.20. The lowest BCUT2D eigenvalue weighted by atomic mass is 9.82. The summed E-state index contributed by atoms with van der Waals surface area (Å²) in [5, 5.41) is 0. The molecule has 0 radical (unpaired) electrons. The van der Waals surface area contributed by atoms with Gasteiger partial charge < -0.3 is 10.5 Å². The first-order valence-electron chi connectivity index (χ1n) is 8.47. The third-order valence-electron chi connectivity index (χ3n) is 5.56. The maximum atomic E-state index is 6.52. The van der Waals surface area contributed by atoms with E-state index in [1.807, 2.05) is 0 Å². The topological polar surface area (TPSA) is 38.5 Å². The standard InChI is InChI=1S/C17H34N2O/c1-6-13-10-8-7-9-11-19(13)12-14-15(18)17(4,5)20-16(14,2)3/h13-15H,6-12,18H2,1-5H3. The van der Waals surface area contributed by atoms with Gasteiger partial charge in [-0.3, -0.25) is 4.90 Å². The van der Waals surface area contributed by atoms with Crippen LogP contribution >= 0.6 is 0 Å². The minimum Gasteiger partial charge on any atom is -0.368 e. The normalized spacial score (nSPS) is 37.8. The molecule has 2 heterocycles. The Hall–Kier alpha value is -0.120. The maximum absolute atomic E-state index is 6.52. The highest BCUT2D eigenvalue weighted by atomic mass is 16.5. The van der Waals surface area contributed by atoms with Gasteiger partial charge in [-0.05, 0) is 53.5 Å². The molecule has 2 rings (SSSR count). The molecule has 0 aromatic rings. The number of rotatable bonds is 3. The second-order valence-corrected chi connectivity index (χ2v) is 7.85. The molecule has 20 heavy (non-hydrogen) atoms. The molecule has 0 bridgehead atoms. The number of likely N-dealkylation sites (tertiary alicyclic amines) is 1. The number of nitrogens with zero attached hydrogens (tertiary/aromatic N) is 1. The Morgan fingerprint density at radius 1 is 1.10 bits per heavy atom. The van der Waals surface area contributed by atoms with Crippen LogP contribution in [0, 0.1) is 5.92 Å². The van der Waals surface area contributed by atoms with Gasteiger partial charge in [0.25, 0.3) is 0 Å². The fraction of sp³-hybridized carbons (Fsp3) is 1.00. The molecule has 0 aromatic carbocycles. The van der Waals surface area contributed by atoms with Gasteiger partial charge in [0.05, 0.1) is 11.2 Å². The van der Waals surface area contributed by atoms with Crippen LogP contribution in [0.25, 0.3) is 0 Å². The molecule has 2 aliphatic heterocycles. The SMILES string of the molecule is CCC1CCCCCN1CC1C(N)C(C)(C)OC1(C)C. The Morgan fingerprint density at radius 2 is 1.80 bits per heavy atom. The molecule has 3 heteroatoms. The monoisotopic (exact) mass is 282 g/mol. The van der Waals surface area contributed by atoms with Crippen LogP contribution in [-0.2, 0) is 4.74 Å². The summed E-state index contributed by atoms with van der Waals surface area (Å²) in [6, 6.07) is 0.863. The average molecular weight is 282 g/mol. The summed E-state index contributed by atoms with van der Waals surface area (Å²) in [5.74, 6) is 0.421. The molecular weight excluding hydrogens is 248 g/mol. The van der Waals surface area contributed by atoms with Crippen LogP contribution in [0.2, 0.25) is 0 Å². The van der Waals surface area contributed by atoms with Crippen LogP contribution in [0.15, 0.2) is 0 Å². The highest BCUT2D eigenvalue weighted by molar-refractivity contribution is 5.05. The lowest BCUT2D eigenvalue weighted by Crippen LogP contribution is -2.50. The summed E-state index contributed by atoms with van der Waals surface area (Å²) in [4.78, 5) is 2.70. The molecule has 0 saturated carbocycles. The van der Waals surface area contributed by atoms with E-state index in [0.29, 0.717) is 5.92 Å². The highest BCUT2D eigenvalue weighted by Crippen LogP contribution is 2.42. The van der Waals surface area contributed by atoms with E-state index >= 15 is 0 Å². The number of ether oxygens (including phenoxy) is 1. The van der Waals surface area contributed by atoms with Crippen LogP contribution in [0.4, 0.5) is 0 Å². The van der Waals surface area contributed by atoms with Crippen molar-refractivity contribution < 1.29 is 4.74 Å². The van der Waals surface area contributed by atoms with Gasteiger partial charge in [-0.15, -0.1) is 0 Å². The third-order valence-corrected chi connectivity index (χ3v) is 5.56. The van der Waals surface area contributed by atoms with Gasteiger partial charge in [-0.25, -0.2) is 0 Å². The summed E-state index contributed by atoms with van der Waals surface area (Å²) in [5.41, 5.74) is 6.20. The zero-order chi connectivity index (χ0) is 15.0. The predicted octanol–water partition coefficient (Wildman–Crippen LogP) is 3.17. The zero-order valence-electron chi connectivity index (χ0n) is 14.1. The fourth-order valence-corrected chi connectivity index (χ4v) is 4.26. The van der Waals surface area contributed by atoms with Gasteiger partial charge >= 0.3 is 0 Å². The van der Waals surface area contributed by atoms with E-state index in [-0.39, 0.29) is 17.2 Å². The summed E-state index contributed by atoms with van der Waals surface area (Å²) in [6.07, 6.45) is 6.71. The van der Waals surface area contributed by atoms with Gasteiger partial charge in [0.1, 0.15) is 0 Å². The van der Waals surface area contributed by atoms with Crippen molar-refractivity contribution in [2.24, 2.45) is 11.7 Å². The highest BCUT2D eigenvalue weighted by Gasteiger charge is 2.52. The van der Waals surface area contributed by atoms with Crippen LogP contribution in [0.5, 0.6) is 0 Å². The van der Waals surface area contributed by atoms with Crippen molar-refractivity contribution in [2.75, 3.05) is 13.1 Å². The summed E-state index contributed by atoms with van der Waals surface area (Å²) >= 11 is 0. The fourth-order valence-electron chi connectivity index (χ4n) is 4.26. The first-order chi connectivity index (χ1) is 9.28. The molecule has 3 unspecified atom stereocenters. The van der Waals surface area contributed by atoms with Crippen molar-refractivity contribution >= 4 is 0 Å². The molecular formula is C17H34N2O. The Kier molecular flexibility index (Phi) is 4.83. The maximum Gasteiger partial charge on any atom is 0.0788 e. The molecule has 2 saturated heterocycles. The van der Waals surface area contributed by atoms with E-state index < -0.39 is 0 Å². The minimum absolute atomic E-state index is 0.118. The van der Waals surface area contributed by atoms with E-state index in [0.717, 1.165) is 12.6 Å². The number of hydrogen-bond donors (Lipinski definition) is 1. The lowest BCUT2D eigenvalue weighted by molar-refractivity contribution is -0.0792. The molecule has 2 N–H and O–H groups in total. The smallest absolute Gasteiger partial charge is 0.0788 e. The second-order valence-electron chi connectivity index (χ2n) is 7.85. The Morgan fingerprint density at radius 3 is 2.35 bits per heavy atom. The van der Waals surface area contributed by atoms with E-state index in [2.05, 4.69) is 39.5 Å². The van der Waals surface area contributed by atoms with Crippen molar-refractivity contribution in [3.63, 3.8) is 0 Å². The van der Waals surface area contributed by atoms with Crippen LogP contribution in [0.3, 0.4) is 0 Å². The first kappa shape index (κ1) is 16.3. The summed E-state index contributed by atoms with van der Waals surface area (Å²) < 4.78 is 6.25. The Balaban J connectivity index is 2.10. The molecule has 2 fully saturated rings. The van der Waals surface area contributed by atoms with Gasteiger partial charge in [0.15, 0.2) is 0 Å². The van der Waals surface area contributed by atoms with E-state index in [9.17, 15) is 0 Å². The first-order valence-corrected chi connectivity index (χ1v) is 8.47. The number of hydrogen-bond acceptors (Lipinski definition) is 3. The molecule has 118 valence electrons. The molecule has 3 atom stereocenters. The van der Waals surface area contributed by atoms with E-state index in [1.54, 1.807) is 0 Å². The van der Waals surface area contributed by atoms with Crippen LogP contribution < -0.4 is 5.73 Å². The number of nitrogens with two attached hydrogens (primary N) is 1. The second kappa shape index (κ2) is 5.94.